The highest BCUT2D eigenvalue weighted by Crippen LogP contribution is 2.29. The van der Waals surface area contributed by atoms with Crippen molar-refractivity contribution in [2.24, 2.45) is 5.92 Å². The minimum atomic E-state index is -1.55. The van der Waals surface area contributed by atoms with Gasteiger partial charge < -0.3 is 4.74 Å². The van der Waals surface area contributed by atoms with Crippen LogP contribution < -0.4 is 4.74 Å². The van der Waals surface area contributed by atoms with Crippen molar-refractivity contribution in [2.75, 3.05) is 7.11 Å². The van der Waals surface area contributed by atoms with Gasteiger partial charge in [-0.15, -0.1) is 11.3 Å². The number of nitriles is 1. The Morgan fingerprint density at radius 2 is 2.00 bits per heavy atom. The van der Waals surface area contributed by atoms with E-state index >= 15 is 0 Å². The van der Waals surface area contributed by atoms with E-state index in [-0.39, 0.29) is 11.3 Å². The predicted molar refractivity (Wildman–Crippen MR) is 86.5 cm³/mol. The molecule has 2 rings (SSSR count). The fraction of sp³-hybridized carbons (Fsp3) is 0.188. The van der Waals surface area contributed by atoms with Crippen LogP contribution in [0.5, 0.6) is 5.75 Å². The van der Waals surface area contributed by atoms with Crippen LogP contribution in [0, 0.1) is 34.3 Å². The molecule has 1 aromatic carbocycles. The number of Topliss-reactive ketones (excluding diaryl/α,β-unsaturated/α-hetero) is 2. The summed E-state index contributed by atoms with van der Waals surface area (Å²) in [5.41, 5.74) is -0.491. The van der Waals surface area contributed by atoms with E-state index < -0.39 is 28.1 Å². The number of ketones is 2. The minimum absolute atomic E-state index is 0.00901. The maximum Gasteiger partial charge on any atom is 0.311 e. The van der Waals surface area contributed by atoms with Crippen LogP contribution in [-0.2, 0) is 0 Å². The third kappa shape index (κ3) is 3.31. The third-order valence-corrected chi connectivity index (χ3v) is 4.31. The van der Waals surface area contributed by atoms with E-state index in [1.165, 1.54) is 30.6 Å². The quantitative estimate of drug-likeness (QED) is 0.344. The van der Waals surface area contributed by atoms with Gasteiger partial charge in [0.05, 0.1) is 23.0 Å². The molecule has 0 fully saturated rings. The summed E-state index contributed by atoms with van der Waals surface area (Å²) in [4.78, 5) is 36.3. The third-order valence-electron chi connectivity index (χ3n) is 3.30. The molecule has 0 amide bonds. The monoisotopic (exact) mass is 344 g/mol. The van der Waals surface area contributed by atoms with Crippen LogP contribution in [0.3, 0.4) is 0 Å². The first kappa shape index (κ1) is 17.3. The molecule has 0 unspecified atom stereocenters. The molecule has 0 aliphatic carbocycles. The molecule has 0 aliphatic rings. The Bertz CT molecular complexity index is 866. The summed E-state index contributed by atoms with van der Waals surface area (Å²) >= 11 is 1.19. The van der Waals surface area contributed by atoms with Gasteiger partial charge in [-0.25, -0.2) is 0 Å². The van der Waals surface area contributed by atoms with E-state index in [4.69, 9.17) is 4.74 Å². The summed E-state index contributed by atoms with van der Waals surface area (Å²) in [5.74, 6) is -2.94. The highest BCUT2D eigenvalue weighted by molar-refractivity contribution is 7.14. The van der Waals surface area contributed by atoms with E-state index in [0.717, 1.165) is 10.9 Å². The van der Waals surface area contributed by atoms with E-state index in [1.54, 1.807) is 25.1 Å². The van der Waals surface area contributed by atoms with Crippen molar-refractivity contribution in [3.05, 3.63) is 55.8 Å². The number of rotatable bonds is 6. The van der Waals surface area contributed by atoms with Crippen LogP contribution in [0.2, 0.25) is 0 Å². The number of carbonyl (C=O) groups excluding carboxylic acids is 2. The SMILES string of the molecule is COc1ccc(C(=O)[C@@H](C#N)C(=O)c2ccc(C)s2)cc1[N+](=O)[O-]. The highest BCUT2D eigenvalue weighted by atomic mass is 32.1. The van der Waals surface area contributed by atoms with Crippen molar-refractivity contribution in [1.29, 1.82) is 5.26 Å². The lowest BCUT2D eigenvalue weighted by molar-refractivity contribution is -0.385. The second-order valence-corrected chi connectivity index (χ2v) is 6.13. The summed E-state index contributed by atoms with van der Waals surface area (Å²) in [6, 6.07) is 8.53. The van der Waals surface area contributed by atoms with Crippen molar-refractivity contribution in [2.45, 2.75) is 6.92 Å². The van der Waals surface area contributed by atoms with E-state index in [0.29, 0.717) is 4.88 Å². The second-order valence-electron chi connectivity index (χ2n) is 4.84. The molecular weight excluding hydrogens is 332 g/mol. The lowest BCUT2D eigenvalue weighted by atomic mass is 9.94. The van der Waals surface area contributed by atoms with Crippen molar-refractivity contribution in [3.63, 3.8) is 0 Å². The van der Waals surface area contributed by atoms with Gasteiger partial charge in [-0.05, 0) is 31.2 Å². The van der Waals surface area contributed by atoms with Crippen molar-refractivity contribution in [1.82, 2.24) is 0 Å². The summed E-state index contributed by atoms with van der Waals surface area (Å²) in [6.45, 7) is 1.80. The van der Waals surface area contributed by atoms with Crippen LogP contribution in [-0.4, -0.2) is 23.6 Å². The Labute approximate surface area is 141 Å². The Kier molecular flexibility index (Phi) is 5.06. The summed E-state index contributed by atoms with van der Waals surface area (Å²) in [7, 11) is 1.27. The molecule has 7 nitrogen and oxygen atoms in total. The zero-order chi connectivity index (χ0) is 17.9. The largest absolute Gasteiger partial charge is 0.490 e. The summed E-state index contributed by atoms with van der Waals surface area (Å²) in [5, 5.41) is 20.3. The number of thiophene rings is 1. The Morgan fingerprint density at radius 3 is 2.50 bits per heavy atom. The van der Waals surface area contributed by atoms with Gasteiger partial charge in [0.25, 0.3) is 0 Å². The van der Waals surface area contributed by atoms with Crippen LogP contribution >= 0.6 is 11.3 Å². The van der Waals surface area contributed by atoms with Gasteiger partial charge in [0.1, 0.15) is 0 Å². The van der Waals surface area contributed by atoms with Crippen LogP contribution in [0.1, 0.15) is 24.9 Å². The van der Waals surface area contributed by atoms with Gasteiger partial charge in [0.15, 0.2) is 23.2 Å². The molecule has 1 atom stereocenters. The lowest BCUT2D eigenvalue weighted by Crippen LogP contribution is -2.22. The Hall–Kier alpha value is -3.05. The van der Waals surface area contributed by atoms with Crippen molar-refractivity contribution >= 4 is 28.6 Å². The number of hydrogen-bond donors (Lipinski definition) is 0. The van der Waals surface area contributed by atoms with Crippen LogP contribution in [0.4, 0.5) is 5.69 Å². The van der Waals surface area contributed by atoms with Gasteiger partial charge in [-0.1, -0.05) is 0 Å². The number of hydrogen-bond acceptors (Lipinski definition) is 7. The first-order valence-corrected chi connectivity index (χ1v) is 7.57. The zero-order valence-electron chi connectivity index (χ0n) is 12.8. The molecule has 1 heterocycles. The number of aryl methyl sites for hydroxylation is 1. The minimum Gasteiger partial charge on any atom is -0.490 e. The molecule has 0 saturated carbocycles. The Balaban J connectivity index is 2.39. The fourth-order valence-electron chi connectivity index (χ4n) is 2.10. The zero-order valence-corrected chi connectivity index (χ0v) is 13.6. The molecule has 0 bridgehead atoms. The van der Waals surface area contributed by atoms with E-state index in [1.807, 2.05) is 0 Å². The molecular formula is C16H12N2O5S. The standard InChI is InChI=1S/C16H12N2O5S/c1-9-3-6-14(24-9)16(20)11(8-17)15(19)10-4-5-13(23-2)12(7-10)18(21)22/h3-7,11H,1-2H3/t11-/m1/s1. The normalized spacial score (nSPS) is 11.4. The van der Waals surface area contributed by atoms with E-state index in [2.05, 4.69) is 0 Å². The van der Waals surface area contributed by atoms with Gasteiger partial charge >= 0.3 is 5.69 Å². The maximum absolute atomic E-state index is 12.5. The number of methoxy groups -OCH3 is 1. The van der Waals surface area contributed by atoms with Gasteiger partial charge in [-0.3, -0.25) is 19.7 Å². The number of nitrogens with zero attached hydrogens (tertiary/aromatic N) is 2. The molecule has 24 heavy (non-hydrogen) atoms. The number of benzene rings is 1. The molecule has 0 N–H and O–H groups in total. The first-order valence-electron chi connectivity index (χ1n) is 6.76. The number of carbonyl (C=O) groups is 2. The molecule has 0 spiro atoms. The van der Waals surface area contributed by atoms with Crippen molar-refractivity contribution < 1.29 is 19.2 Å². The first-order chi connectivity index (χ1) is 11.4. The molecule has 0 aliphatic heterocycles. The van der Waals surface area contributed by atoms with Gasteiger partial charge in [-0.2, -0.15) is 5.26 Å². The van der Waals surface area contributed by atoms with Gasteiger partial charge in [0.2, 0.25) is 0 Å². The molecule has 1 aromatic heterocycles. The van der Waals surface area contributed by atoms with Crippen molar-refractivity contribution in [3.8, 4) is 11.8 Å². The lowest BCUT2D eigenvalue weighted by Gasteiger charge is -2.08. The molecule has 0 saturated heterocycles. The maximum atomic E-state index is 12.5. The smallest absolute Gasteiger partial charge is 0.311 e. The number of nitro groups is 1. The number of ether oxygens (including phenoxy) is 1. The highest BCUT2D eigenvalue weighted by Gasteiger charge is 2.31. The molecule has 8 heteroatoms. The average molecular weight is 344 g/mol. The molecule has 0 radical (unpaired) electrons. The molecule has 122 valence electrons. The number of nitro benzene ring substituents is 1. The topological polar surface area (TPSA) is 110 Å². The summed E-state index contributed by atoms with van der Waals surface area (Å²) in [6.07, 6.45) is 0. The van der Waals surface area contributed by atoms with Gasteiger partial charge in [0, 0.05) is 16.5 Å². The predicted octanol–water partition coefficient (Wildman–Crippen LogP) is 3.18. The second kappa shape index (κ2) is 7.02. The summed E-state index contributed by atoms with van der Waals surface area (Å²) < 4.78 is 4.86. The fourth-order valence-corrected chi connectivity index (χ4v) is 2.94. The van der Waals surface area contributed by atoms with Crippen LogP contribution in [0.25, 0.3) is 0 Å². The Morgan fingerprint density at radius 1 is 1.29 bits per heavy atom. The van der Waals surface area contributed by atoms with E-state index in [9.17, 15) is 25.0 Å². The average Bonchev–Trinajstić information content (AvgIpc) is 3.01. The molecule has 2 aromatic rings. The van der Waals surface area contributed by atoms with Crippen LogP contribution in [0.15, 0.2) is 30.3 Å².